The second-order valence-electron chi connectivity index (χ2n) is 4.14. The number of carboxylic acid groups (broad SMARTS) is 1. The zero-order valence-electron chi connectivity index (χ0n) is 8.82. The fraction of sp³-hybridized carbons (Fsp3) is 0.417. The second-order valence-corrected chi connectivity index (χ2v) is 4.57. The van der Waals surface area contributed by atoms with Gasteiger partial charge in [-0.05, 0) is 30.5 Å². The smallest absolute Gasteiger partial charge is 0.308 e. The summed E-state index contributed by atoms with van der Waals surface area (Å²) >= 11 is 5.78. The van der Waals surface area contributed by atoms with Crippen molar-refractivity contribution >= 4 is 17.6 Å². The van der Waals surface area contributed by atoms with Gasteiger partial charge < -0.3 is 10.4 Å². The van der Waals surface area contributed by atoms with E-state index in [0.29, 0.717) is 6.54 Å². The summed E-state index contributed by atoms with van der Waals surface area (Å²) in [4.78, 5) is 10.8. The maximum atomic E-state index is 10.8. The molecule has 1 aliphatic rings. The van der Waals surface area contributed by atoms with Gasteiger partial charge in [0.1, 0.15) is 0 Å². The molecule has 1 aromatic carbocycles. The normalized spacial score (nSPS) is 23.8. The molecule has 2 rings (SSSR count). The average molecular weight is 240 g/mol. The molecule has 0 aromatic heterocycles. The van der Waals surface area contributed by atoms with Gasteiger partial charge in [0.25, 0.3) is 0 Å². The fourth-order valence-corrected chi connectivity index (χ4v) is 2.02. The van der Waals surface area contributed by atoms with Crippen molar-refractivity contribution in [1.82, 2.24) is 5.32 Å². The molecule has 0 spiro atoms. The van der Waals surface area contributed by atoms with Crippen LogP contribution in [0.25, 0.3) is 0 Å². The van der Waals surface area contributed by atoms with Gasteiger partial charge in [0, 0.05) is 17.6 Å². The molecule has 4 heteroatoms. The molecule has 0 aliphatic heterocycles. The molecular weight excluding hydrogens is 226 g/mol. The first kappa shape index (κ1) is 11.4. The van der Waals surface area contributed by atoms with Crippen molar-refractivity contribution in [2.45, 2.75) is 25.4 Å². The van der Waals surface area contributed by atoms with Crippen LogP contribution in [-0.2, 0) is 11.3 Å². The number of carboxylic acids is 1. The first-order valence-electron chi connectivity index (χ1n) is 5.37. The zero-order valence-corrected chi connectivity index (χ0v) is 9.57. The van der Waals surface area contributed by atoms with Crippen LogP contribution < -0.4 is 5.32 Å². The van der Waals surface area contributed by atoms with Gasteiger partial charge in [-0.15, -0.1) is 0 Å². The van der Waals surface area contributed by atoms with E-state index < -0.39 is 5.97 Å². The van der Waals surface area contributed by atoms with E-state index in [-0.39, 0.29) is 12.0 Å². The van der Waals surface area contributed by atoms with E-state index in [9.17, 15) is 4.79 Å². The molecule has 0 saturated heterocycles. The number of carbonyl (C=O) groups is 1. The quantitative estimate of drug-likeness (QED) is 0.848. The Hall–Kier alpha value is -1.06. The molecule has 1 aliphatic carbocycles. The first-order valence-corrected chi connectivity index (χ1v) is 5.75. The van der Waals surface area contributed by atoms with Crippen LogP contribution in [0, 0.1) is 5.92 Å². The monoisotopic (exact) mass is 239 g/mol. The standard InChI is InChI=1S/C12H14ClNO2/c13-9-3-1-8(2-4-9)7-14-11-6-5-10(11)12(15)16/h1-4,10-11,14H,5-7H2,(H,15,16). The van der Waals surface area contributed by atoms with Gasteiger partial charge in [-0.25, -0.2) is 0 Å². The molecular formula is C12H14ClNO2. The number of hydrogen-bond donors (Lipinski definition) is 2. The van der Waals surface area contributed by atoms with Gasteiger partial charge in [0.05, 0.1) is 5.92 Å². The molecule has 1 aromatic rings. The molecule has 0 amide bonds. The van der Waals surface area contributed by atoms with Crippen molar-refractivity contribution in [2.75, 3.05) is 0 Å². The van der Waals surface area contributed by atoms with Gasteiger partial charge in [-0.1, -0.05) is 23.7 Å². The van der Waals surface area contributed by atoms with Crippen molar-refractivity contribution in [3.63, 3.8) is 0 Å². The Morgan fingerprint density at radius 1 is 1.38 bits per heavy atom. The van der Waals surface area contributed by atoms with Crippen LogP contribution in [0.1, 0.15) is 18.4 Å². The van der Waals surface area contributed by atoms with E-state index in [1.54, 1.807) is 0 Å². The van der Waals surface area contributed by atoms with Crippen LogP contribution in [0.2, 0.25) is 5.02 Å². The molecule has 2 atom stereocenters. The maximum absolute atomic E-state index is 10.8. The van der Waals surface area contributed by atoms with Crippen LogP contribution in [0.15, 0.2) is 24.3 Å². The first-order chi connectivity index (χ1) is 7.66. The highest BCUT2D eigenvalue weighted by Crippen LogP contribution is 2.27. The summed E-state index contributed by atoms with van der Waals surface area (Å²) in [6.45, 7) is 0.700. The molecule has 16 heavy (non-hydrogen) atoms. The summed E-state index contributed by atoms with van der Waals surface area (Å²) in [7, 11) is 0. The Labute approximate surface area is 99.4 Å². The lowest BCUT2D eigenvalue weighted by Gasteiger charge is -2.34. The van der Waals surface area contributed by atoms with Gasteiger partial charge in [-0.2, -0.15) is 0 Å². The SMILES string of the molecule is O=C(O)C1CCC1NCc1ccc(Cl)cc1. The Morgan fingerprint density at radius 3 is 2.56 bits per heavy atom. The van der Waals surface area contributed by atoms with Gasteiger partial charge in [0.15, 0.2) is 0 Å². The Bertz CT molecular complexity index is 377. The Kier molecular flexibility index (Phi) is 3.46. The second kappa shape index (κ2) is 4.85. The average Bonchev–Trinajstić information content (AvgIpc) is 2.18. The predicted octanol–water partition coefficient (Wildman–Crippen LogP) is 2.29. The molecule has 0 bridgehead atoms. The van der Waals surface area contributed by atoms with E-state index >= 15 is 0 Å². The van der Waals surface area contributed by atoms with Gasteiger partial charge in [-0.3, -0.25) is 4.79 Å². The van der Waals surface area contributed by atoms with Crippen LogP contribution in [0.5, 0.6) is 0 Å². The number of aliphatic carboxylic acids is 1. The number of rotatable bonds is 4. The zero-order chi connectivity index (χ0) is 11.5. The Balaban J connectivity index is 1.84. The highest BCUT2D eigenvalue weighted by atomic mass is 35.5. The summed E-state index contributed by atoms with van der Waals surface area (Å²) in [5, 5.41) is 12.9. The molecule has 0 heterocycles. The van der Waals surface area contributed by atoms with E-state index in [2.05, 4.69) is 5.32 Å². The van der Waals surface area contributed by atoms with Gasteiger partial charge in [0.2, 0.25) is 0 Å². The molecule has 3 nitrogen and oxygen atoms in total. The number of nitrogens with one attached hydrogen (secondary N) is 1. The molecule has 86 valence electrons. The molecule has 0 radical (unpaired) electrons. The van der Waals surface area contributed by atoms with E-state index in [1.807, 2.05) is 24.3 Å². The molecule has 1 saturated carbocycles. The lowest BCUT2D eigenvalue weighted by molar-refractivity contribution is -0.146. The van der Waals surface area contributed by atoms with Crippen molar-refractivity contribution < 1.29 is 9.90 Å². The van der Waals surface area contributed by atoms with E-state index in [4.69, 9.17) is 16.7 Å². The third-order valence-corrected chi connectivity index (χ3v) is 3.33. The van der Waals surface area contributed by atoms with Crippen molar-refractivity contribution in [3.05, 3.63) is 34.9 Å². The van der Waals surface area contributed by atoms with Crippen molar-refractivity contribution in [3.8, 4) is 0 Å². The highest BCUT2D eigenvalue weighted by Gasteiger charge is 2.35. The third kappa shape index (κ3) is 2.54. The summed E-state index contributed by atoms with van der Waals surface area (Å²) in [5.41, 5.74) is 1.13. The number of benzene rings is 1. The van der Waals surface area contributed by atoms with Crippen LogP contribution in [0.4, 0.5) is 0 Å². The van der Waals surface area contributed by atoms with Crippen molar-refractivity contribution in [2.24, 2.45) is 5.92 Å². The summed E-state index contributed by atoms with van der Waals surface area (Å²) < 4.78 is 0. The topological polar surface area (TPSA) is 49.3 Å². The molecule has 2 unspecified atom stereocenters. The van der Waals surface area contributed by atoms with Crippen molar-refractivity contribution in [1.29, 1.82) is 0 Å². The lowest BCUT2D eigenvalue weighted by Crippen LogP contribution is -2.47. The largest absolute Gasteiger partial charge is 0.481 e. The van der Waals surface area contributed by atoms with Crippen LogP contribution >= 0.6 is 11.6 Å². The summed E-state index contributed by atoms with van der Waals surface area (Å²) in [6, 6.07) is 7.70. The minimum atomic E-state index is -0.695. The summed E-state index contributed by atoms with van der Waals surface area (Å²) in [6.07, 6.45) is 1.73. The number of halogens is 1. The predicted molar refractivity (Wildman–Crippen MR) is 62.4 cm³/mol. The summed E-state index contributed by atoms with van der Waals surface area (Å²) in [5.74, 6) is -0.910. The Morgan fingerprint density at radius 2 is 2.06 bits per heavy atom. The minimum Gasteiger partial charge on any atom is -0.481 e. The molecule has 2 N–H and O–H groups in total. The maximum Gasteiger partial charge on any atom is 0.308 e. The van der Waals surface area contributed by atoms with Crippen LogP contribution in [-0.4, -0.2) is 17.1 Å². The van der Waals surface area contributed by atoms with E-state index in [0.717, 1.165) is 23.4 Å². The molecule has 1 fully saturated rings. The van der Waals surface area contributed by atoms with E-state index in [1.165, 1.54) is 0 Å². The minimum absolute atomic E-state index is 0.119. The number of hydrogen-bond acceptors (Lipinski definition) is 2. The fourth-order valence-electron chi connectivity index (χ4n) is 1.89. The highest BCUT2D eigenvalue weighted by molar-refractivity contribution is 6.30. The van der Waals surface area contributed by atoms with Gasteiger partial charge >= 0.3 is 5.97 Å². The van der Waals surface area contributed by atoms with Crippen LogP contribution in [0.3, 0.4) is 0 Å². The third-order valence-electron chi connectivity index (χ3n) is 3.07. The lowest BCUT2D eigenvalue weighted by atomic mass is 9.79.